The van der Waals surface area contributed by atoms with Crippen molar-refractivity contribution in [3.05, 3.63) is 138 Å². The molecular weight excluding hydrogens is 550 g/mol. The van der Waals surface area contributed by atoms with Crippen LogP contribution in [0.25, 0.3) is 78.0 Å². The predicted octanol–water partition coefficient (Wildman–Crippen LogP) is 10.5. The lowest BCUT2D eigenvalue weighted by atomic mass is 9.80. The number of rotatable bonds is 3. The standard InChI is InChI=1S/C41H29N3O/c1-24-18-20-25(21-19-24)38-42-39(30-14-9-17-34-36(30)32-22-26-10-4-5-11-27(26)23-35(32)45-34)44-40(43-38)31-15-8-13-29-28-12-6-7-16-33(28)41(2,3)37(29)31/h4-23H,1-3H3. The highest BCUT2D eigenvalue weighted by Gasteiger charge is 2.38. The van der Waals surface area contributed by atoms with E-state index in [2.05, 4.69) is 130 Å². The van der Waals surface area contributed by atoms with Gasteiger partial charge in [0.05, 0.1) is 0 Å². The molecule has 2 aromatic heterocycles. The summed E-state index contributed by atoms with van der Waals surface area (Å²) in [6, 6.07) is 42.5. The minimum Gasteiger partial charge on any atom is -0.456 e. The molecule has 0 saturated heterocycles. The van der Waals surface area contributed by atoms with Crippen molar-refractivity contribution in [1.82, 2.24) is 15.0 Å². The van der Waals surface area contributed by atoms with Crippen LogP contribution >= 0.6 is 0 Å². The topological polar surface area (TPSA) is 51.8 Å². The van der Waals surface area contributed by atoms with Gasteiger partial charge in [0.25, 0.3) is 0 Å². The molecule has 0 amide bonds. The van der Waals surface area contributed by atoms with Crippen LogP contribution in [-0.2, 0) is 5.41 Å². The van der Waals surface area contributed by atoms with E-state index in [-0.39, 0.29) is 5.41 Å². The molecule has 0 fully saturated rings. The van der Waals surface area contributed by atoms with Gasteiger partial charge in [0, 0.05) is 32.9 Å². The Labute approximate surface area is 261 Å². The lowest BCUT2D eigenvalue weighted by Crippen LogP contribution is -2.17. The zero-order valence-corrected chi connectivity index (χ0v) is 25.3. The number of aromatic nitrogens is 3. The van der Waals surface area contributed by atoms with E-state index in [1.54, 1.807) is 0 Å². The maximum Gasteiger partial charge on any atom is 0.164 e. The molecule has 4 heteroatoms. The molecular formula is C41H29N3O. The van der Waals surface area contributed by atoms with E-state index in [0.717, 1.165) is 44.0 Å². The van der Waals surface area contributed by atoms with Crippen LogP contribution in [0.4, 0.5) is 0 Å². The van der Waals surface area contributed by atoms with E-state index in [0.29, 0.717) is 17.5 Å². The largest absolute Gasteiger partial charge is 0.456 e. The fraction of sp³-hybridized carbons (Fsp3) is 0.0976. The molecule has 0 saturated carbocycles. The second-order valence-electron chi connectivity index (χ2n) is 12.5. The van der Waals surface area contributed by atoms with Crippen LogP contribution in [0.15, 0.2) is 126 Å². The summed E-state index contributed by atoms with van der Waals surface area (Å²) < 4.78 is 6.42. The summed E-state index contributed by atoms with van der Waals surface area (Å²) in [4.78, 5) is 15.6. The molecule has 0 radical (unpaired) electrons. The summed E-state index contributed by atoms with van der Waals surface area (Å²) in [7, 11) is 0. The van der Waals surface area contributed by atoms with Crippen LogP contribution in [0.1, 0.15) is 30.5 Å². The summed E-state index contributed by atoms with van der Waals surface area (Å²) in [6.45, 7) is 6.69. The minimum absolute atomic E-state index is 0.207. The summed E-state index contributed by atoms with van der Waals surface area (Å²) in [6.07, 6.45) is 0. The third-order valence-electron chi connectivity index (χ3n) is 9.37. The van der Waals surface area contributed by atoms with Gasteiger partial charge in [0.2, 0.25) is 0 Å². The molecule has 45 heavy (non-hydrogen) atoms. The van der Waals surface area contributed by atoms with Crippen molar-refractivity contribution >= 4 is 32.7 Å². The van der Waals surface area contributed by atoms with Crippen molar-refractivity contribution < 1.29 is 4.42 Å². The van der Waals surface area contributed by atoms with Crippen molar-refractivity contribution in [2.75, 3.05) is 0 Å². The molecule has 0 bridgehead atoms. The van der Waals surface area contributed by atoms with Gasteiger partial charge in [-0.3, -0.25) is 0 Å². The molecule has 0 N–H and O–H groups in total. The molecule has 0 aliphatic heterocycles. The van der Waals surface area contributed by atoms with E-state index in [9.17, 15) is 0 Å². The smallest absolute Gasteiger partial charge is 0.164 e. The highest BCUT2D eigenvalue weighted by Crippen LogP contribution is 2.51. The van der Waals surface area contributed by atoms with Gasteiger partial charge in [0.15, 0.2) is 17.5 Å². The number of hydrogen-bond donors (Lipinski definition) is 0. The first-order valence-electron chi connectivity index (χ1n) is 15.4. The molecule has 8 aromatic rings. The molecule has 1 aliphatic carbocycles. The molecule has 0 unspecified atom stereocenters. The molecule has 1 aliphatic rings. The maximum absolute atomic E-state index is 6.42. The zero-order valence-electron chi connectivity index (χ0n) is 25.3. The molecule has 214 valence electrons. The van der Waals surface area contributed by atoms with Gasteiger partial charge in [-0.1, -0.05) is 123 Å². The number of benzene rings is 6. The van der Waals surface area contributed by atoms with E-state index >= 15 is 0 Å². The minimum atomic E-state index is -0.207. The number of aryl methyl sites for hydroxylation is 1. The Morgan fingerprint density at radius 3 is 1.98 bits per heavy atom. The molecule has 9 rings (SSSR count). The van der Waals surface area contributed by atoms with Gasteiger partial charge in [-0.25, -0.2) is 15.0 Å². The van der Waals surface area contributed by atoms with Gasteiger partial charge in [-0.05, 0) is 58.1 Å². The molecule has 6 aromatic carbocycles. The normalized spacial score (nSPS) is 13.4. The van der Waals surface area contributed by atoms with Crippen molar-refractivity contribution in [1.29, 1.82) is 0 Å². The highest BCUT2D eigenvalue weighted by atomic mass is 16.3. The lowest BCUT2D eigenvalue weighted by molar-refractivity contribution is 0.661. The molecule has 0 spiro atoms. The Morgan fingerprint density at radius 2 is 1.16 bits per heavy atom. The Kier molecular flexibility index (Phi) is 5.42. The summed E-state index contributed by atoms with van der Waals surface area (Å²) in [5.41, 5.74) is 10.6. The second kappa shape index (κ2) is 9.44. The Bertz CT molecular complexity index is 2470. The monoisotopic (exact) mass is 579 g/mol. The van der Waals surface area contributed by atoms with E-state index < -0.39 is 0 Å². The Morgan fingerprint density at radius 1 is 0.533 bits per heavy atom. The fourth-order valence-corrected chi connectivity index (χ4v) is 7.18. The molecule has 2 heterocycles. The van der Waals surface area contributed by atoms with Crippen LogP contribution in [0, 0.1) is 6.92 Å². The number of hydrogen-bond acceptors (Lipinski definition) is 4. The third kappa shape index (κ3) is 3.89. The van der Waals surface area contributed by atoms with E-state index in [1.165, 1.54) is 33.2 Å². The summed E-state index contributed by atoms with van der Waals surface area (Å²) in [5, 5.41) is 4.38. The first-order chi connectivity index (χ1) is 22.0. The Hall–Kier alpha value is -5.61. The maximum atomic E-state index is 6.42. The highest BCUT2D eigenvalue weighted by molar-refractivity contribution is 6.15. The first-order valence-corrected chi connectivity index (χ1v) is 15.4. The first kappa shape index (κ1) is 25.8. The van der Waals surface area contributed by atoms with Crippen LogP contribution < -0.4 is 0 Å². The van der Waals surface area contributed by atoms with E-state index in [1.807, 2.05) is 12.1 Å². The average molecular weight is 580 g/mol. The van der Waals surface area contributed by atoms with Crippen molar-refractivity contribution in [2.45, 2.75) is 26.2 Å². The zero-order chi connectivity index (χ0) is 30.3. The average Bonchev–Trinajstić information content (AvgIpc) is 3.55. The van der Waals surface area contributed by atoms with E-state index in [4.69, 9.17) is 19.4 Å². The van der Waals surface area contributed by atoms with Gasteiger partial charge < -0.3 is 4.42 Å². The van der Waals surface area contributed by atoms with Crippen LogP contribution in [0.5, 0.6) is 0 Å². The van der Waals surface area contributed by atoms with Crippen molar-refractivity contribution in [3.63, 3.8) is 0 Å². The molecule has 4 nitrogen and oxygen atoms in total. The quantitative estimate of drug-likeness (QED) is 0.209. The third-order valence-corrected chi connectivity index (χ3v) is 9.37. The summed E-state index contributed by atoms with van der Waals surface area (Å²) >= 11 is 0. The second-order valence-corrected chi connectivity index (χ2v) is 12.5. The fourth-order valence-electron chi connectivity index (χ4n) is 7.18. The van der Waals surface area contributed by atoms with Crippen molar-refractivity contribution in [3.8, 4) is 45.3 Å². The summed E-state index contributed by atoms with van der Waals surface area (Å²) in [5.74, 6) is 1.95. The van der Waals surface area contributed by atoms with Gasteiger partial charge in [-0.15, -0.1) is 0 Å². The van der Waals surface area contributed by atoms with Crippen molar-refractivity contribution in [2.24, 2.45) is 0 Å². The Balaban J connectivity index is 1.33. The van der Waals surface area contributed by atoms with Crippen LogP contribution in [0.3, 0.4) is 0 Å². The SMILES string of the molecule is Cc1ccc(-c2nc(-c3cccc4c3C(C)(C)c3ccccc3-4)nc(-c3cccc4oc5cc6ccccc6cc5c34)n2)cc1. The van der Waals surface area contributed by atoms with Gasteiger partial charge in [0.1, 0.15) is 11.2 Å². The number of nitrogens with zero attached hydrogens (tertiary/aromatic N) is 3. The number of furan rings is 1. The van der Waals surface area contributed by atoms with Crippen LogP contribution in [-0.4, -0.2) is 15.0 Å². The lowest BCUT2D eigenvalue weighted by Gasteiger charge is -2.24. The predicted molar refractivity (Wildman–Crippen MR) is 183 cm³/mol. The van der Waals surface area contributed by atoms with Crippen LogP contribution in [0.2, 0.25) is 0 Å². The van der Waals surface area contributed by atoms with Gasteiger partial charge in [-0.2, -0.15) is 0 Å². The van der Waals surface area contributed by atoms with Gasteiger partial charge >= 0.3 is 0 Å². The molecule has 0 atom stereocenters. The number of fused-ring (bicyclic) bond motifs is 7.